The van der Waals surface area contributed by atoms with E-state index in [1.165, 1.54) is 6.42 Å². The van der Waals surface area contributed by atoms with Gasteiger partial charge in [0.15, 0.2) is 0 Å². The fraction of sp³-hybridized carbons (Fsp3) is 0.692. The molecule has 2 atom stereocenters. The molecular formula is C13H22N4O. The summed E-state index contributed by atoms with van der Waals surface area (Å²) in [6, 6.07) is 0.338. The number of nitrogens with zero attached hydrogens (tertiary/aromatic N) is 3. The van der Waals surface area contributed by atoms with Crippen molar-refractivity contribution in [1.82, 2.24) is 14.5 Å². The second kappa shape index (κ2) is 6.00. The molecule has 2 rings (SSSR count). The van der Waals surface area contributed by atoms with Crippen LogP contribution in [0.3, 0.4) is 0 Å². The van der Waals surface area contributed by atoms with Crippen LogP contribution in [-0.4, -0.2) is 40.0 Å². The highest BCUT2D eigenvalue weighted by Crippen LogP contribution is 2.28. The molecule has 0 bridgehead atoms. The van der Waals surface area contributed by atoms with Gasteiger partial charge >= 0.3 is 0 Å². The van der Waals surface area contributed by atoms with E-state index < -0.39 is 0 Å². The van der Waals surface area contributed by atoms with E-state index in [4.69, 9.17) is 5.73 Å². The van der Waals surface area contributed by atoms with Crippen molar-refractivity contribution in [2.75, 3.05) is 13.6 Å². The van der Waals surface area contributed by atoms with E-state index in [9.17, 15) is 4.79 Å². The van der Waals surface area contributed by atoms with Gasteiger partial charge in [0.2, 0.25) is 5.91 Å². The number of hydrogen-bond acceptors (Lipinski definition) is 3. The summed E-state index contributed by atoms with van der Waals surface area (Å²) in [4.78, 5) is 18.0. The zero-order chi connectivity index (χ0) is 13.0. The Morgan fingerprint density at radius 3 is 3.06 bits per heavy atom. The van der Waals surface area contributed by atoms with Crippen LogP contribution in [-0.2, 0) is 11.3 Å². The van der Waals surface area contributed by atoms with Crippen LogP contribution in [0.4, 0.5) is 0 Å². The predicted molar refractivity (Wildman–Crippen MR) is 69.8 cm³/mol. The molecule has 1 aromatic rings. The standard InChI is InChI=1S/C13H22N4O/c1-16(12-4-2-3-11(12)9-14)13(18)5-7-17-8-6-15-10-17/h6,8,10-12H,2-5,7,9,14H2,1H3. The number of imidazole rings is 1. The molecule has 1 aliphatic carbocycles. The summed E-state index contributed by atoms with van der Waals surface area (Å²) in [7, 11) is 1.91. The third-order valence-corrected chi connectivity index (χ3v) is 3.96. The van der Waals surface area contributed by atoms with Gasteiger partial charge in [0.25, 0.3) is 0 Å². The van der Waals surface area contributed by atoms with Gasteiger partial charge in [-0.25, -0.2) is 4.98 Å². The van der Waals surface area contributed by atoms with Gasteiger partial charge in [-0.05, 0) is 25.3 Å². The number of aryl methyl sites for hydroxylation is 1. The zero-order valence-corrected chi connectivity index (χ0v) is 11.0. The first-order valence-electron chi connectivity index (χ1n) is 6.64. The molecule has 1 amide bonds. The first-order valence-corrected chi connectivity index (χ1v) is 6.64. The van der Waals surface area contributed by atoms with Crippen LogP contribution in [0.5, 0.6) is 0 Å². The van der Waals surface area contributed by atoms with Crippen molar-refractivity contribution in [1.29, 1.82) is 0 Å². The van der Waals surface area contributed by atoms with Crippen molar-refractivity contribution in [3.05, 3.63) is 18.7 Å². The summed E-state index contributed by atoms with van der Waals surface area (Å²) in [5, 5.41) is 0. The van der Waals surface area contributed by atoms with Crippen molar-refractivity contribution in [3.63, 3.8) is 0 Å². The molecule has 0 aromatic carbocycles. The van der Waals surface area contributed by atoms with Gasteiger partial charge in [0.05, 0.1) is 6.33 Å². The van der Waals surface area contributed by atoms with Crippen molar-refractivity contribution >= 4 is 5.91 Å². The quantitative estimate of drug-likeness (QED) is 0.843. The molecule has 0 radical (unpaired) electrons. The topological polar surface area (TPSA) is 64.2 Å². The normalized spacial score (nSPS) is 23.2. The second-order valence-electron chi connectivity index (χ2n) is 5.05. The van der Waals surface area contributed by atoms with Gasteiger partial charge in [-0.1, -0.05) is 6.42 Å². The summed E-state index contributed by atoms with van der Waals surface area (Å²) < 4.78 is 1.93. The fourth-order valence-corrected chi connectivity index (χ4v) is 2.81. The summed E-state index contributed by atoms with van der Waals surface area (Å²) in [5.74, 6) is 0.682. The molecule has 0 spiro atoms. The Morgan fingerprint density at radius 2 is 2.39 bits per heavy atom. The van der Waals surface area contributed by atoms with Gasteiger partial charge in [0, 0.05) is 38.4 Å². The number of aromatic nitrogens is 2. The van der Waals surface area contributed by atoms with Crippen LogP contribution in [0.15, 0.2) is 18.7 Å². The minimum Gasteiger partial charge on any atom is -0.342 e. The Hall–Kier alpha value is -1.36. The van der Waals surface area contributed by atoms with E-state index in [0.29, 0.717) is 31.5 Å². The lowest BCUT2D eigenvalue weighted by molar-refractivity contribution is -0.132. The smallest absolute Gasteiger partial charge is 0.224 e. The average molecular weight is 250 g/mol. The molecule has 1 aromatic heterocycles. The highest BCUT2D eigenvalue weighted by molar-refractivity contribution is 5.76. The third kappa shape index (κ3) is 2.90. The predicted octanol–water partition coefficient (Wildman–Crippen LogP) is 0.859. The number of amides is 1. The highest BCUT2D eigenvalue weighted by Gasteiger charge is 2.31. The molecule has 0 saturated heterocycles. The van der Waals surface area contributed by atoms with Crippen LogP contribution >= 0.6 is 0 Å². The number of hydrogen-bond donors (Lipinski definition) is 1. The Balaban J connectivity index is 1.84. The van der Waals surface area contributed by atoms with E-state index >= 15 is 0 Å². The van der Waals surface area contributed by atoms with E-state index in [0.717, 1.165) is 12.8 Å². The maximum Gasteiger partial charge on any atom is 0.224 e. The van der Waals surface area contributed by atoms with Crippen molar-refractivity contribution in [2.45, 2.75) is 38.3 Å². The maximum atomic E-state index is 12.1. The Kier molecular flexibility index (Phi) is 4.36. The molecule has 1 aliphatic rings. The zero-order valence-electron chi connectivity index (χ0n) is 11.0. The first-order chi connectivity index (χ1) is 8.72. The average Bonchev–Trinajstić information content (AvgIpc) is 3.05. The highest BCUT2D eigenvalue weighted by atomic mass is 16.2. The van der Waals surface area contributed by atoms with Crippen LogP contribution in [0.25, 0.3) is 0 Å². The molecule has 5 heteroatoms. The number of nitrogens with two attached hydrogens (primary N) is 1. The van der Waals surface area contributed by atoms with Crippen LogP contribution < -0.4 is 5.73 Å². The summed E-state index contributed by atoms with van der Waals surface area (Å²) >= 11 is 0. The van der Waals surface area contributed by atoms with E-state index in [2.05, 4.69) is 4.98 Å². The summed E-state index contributed by atoms with van der Waals surface area (Å²) in [6.07, 6.45) is 9.31. The molecule has 2 N–H and O–H groups in total. The van der Waals surface area contributed by atoms with Crippen LogP contribution in [0.1, 0.15) is 25.7 Å². The minimum absolute atomic E-state index is 0.203. The van der Waals surface area contributed by atoms with E-state index in [-0.39, 0.29) is 5.91 Å². The van der Waals surface area contributed by atoms with E-state index in [1.807, 2.05) is 22.7 Å². The lowest BCUT2D eigenvalue weighted by atomic mass is 10.0. The summed E-state index contributed by atoms with van der Waals surface area (Å²) in [6.45, 7) is 1.38. The monoisotopic (exact) mass is 250 g/mol. The lowest BCUT2D eigenvalue weighted by Crippen LogP contribution is -2.41. The molecule has 18 heavy (non-hydrogen) atoms. The lowest BCUT2D eigenvalue weighted by Gasteiger charge is -2.29. The summed E-state index contributed by atoms with van der Waals surface area (Å²) in [5.41, 5.74) is 5.76. The van der Waals surface area contributed by atoms with Crippen molar-refractivity contribution < 1.29 is 4.79 Å². The minimum atomic E-state index is 0.203. The Morgan fingerprint density at radius 1 is 1.56 bits per heavy atom. The molecule has 2 unspecified atom stereocenters. The number of carbonyl (C=O) groups excluding carboxylic acids is 1. The fourth-order valence-electron chi connectivity index (χ4n) is 2.81. The van der Waals surface area contributed by atoms with Gasteiger partial charge in [0.1, 0.15) is 0 Å². The Labute approximate surface area is 108 Å². The molecule has 0 aliphatic heterocycles. The maximum absolute atomic E-state index is 12.1. The third-order valence-electron chi connectivity index (χ3n) is 3.96. The molecule has 1 heterocycles. The number of rotatable bonds is 5. The molecule has 100 valence electrons. The van der Waals surface area contributed by atoms with Crippen LogP contribution in [0, 0.1) is 5.92 Å². The SMILES string of the molecule is CN(C(=O)CCn1ccnc1)C1CCCC1CN. The van der Waals surface area contributed by atoms with Crippen LogP contribution in [0.2, 0.25) is 0 Å². The largest absolute Gasteiger partial charge is 0.342 e. The van der Waals surface area contributed by atoms with Crippen molar-refractivity contribution in [3.8, 4) is 0 Å². The Bertz CT molecular complexity index is 376. The van der Waals surface area contributed by atoms with E-state index in [1.54, 1.807) is 12.5 Å². The van der Waals surface area contributed by atoms with Crippen molar-refractivity contribution in [2.24, 2.45) is 11.7 Å². The van der Waals surface area contributed by atoms with Gasteiger partial charge < -0.3 is 15.2 Å². The van der Waals surface area contributed by atoms with Gasteiger partial charge in [-0.15, -0.1) is 0 Å². The molecule has 5 nitrogen and oxygen atoms in total. The van der Waals surface area contributed by atoms with Gasteiger partial charge in [-0.2, -0.15) is 0 Å². The molecule has 1 saturated carbocycles. The van der Waals surface area contributed by atoms with Gasteiger partial charge in [-0.3, -0.25) is 4.79 Å². The molecular weight excluding hydrogens is 228 g/mol. The number of carbonyl (C=O) groups is 1. The second-order valence-corrected chi connectivity index (χ2v) is 5.05. The molecule has 1 fully saturated rings. The first kappa shape index (κ1) is 13.1.